The highest BCUT2D eigenvalue weighted by molar-refractivity contribution is 7.89. The number of sulfonamides is 1. The molecule has 1 aliphatic heterocycles. The number of anilines is 1. The summed E-state index contributed by atoms with van der Waals surface area (Å²) < 4.78 is 32.7. The molecule has 4 rings (SSSR count). The molecule has 0 atom stereocenters. The molecule has 0 aliphatic carbocycles. The van der Waals surface area contributed by atoms with Gasteiger partial charge in [-0.25, -0.2) is 8.42 Å². The molecule has 10 heteroatoms. The molecule has 3 aromatic carbocycles. The highest BCUT2D eigenvalue weighted by atomic mass is 35.5. The number of amides is 1. The van der Waals surface area contributed by atoms with Crippen molar-refractivity contribution in [2.24, 2.45) is 0 Å². The van der Waals surface area contributed by atoms with Crippen LogP contribution in [0.4, 0.5) is 5.69 Å². The maximum atomic E-state index is 12.9. The lowest BCUT2D eigenvalue weighted by Gasteiger charge is -2.26. The van der Waals surface area contributed by atoms with E-state index in [1.54, 1.807) is 42.5 Å². The molecule has 0 unspecified atom stereocenters. The van der Waals surface area contributed by atoms with E-state index in [0.29, 0.717) is 23.7 Å². The van der Waals surface area contributed by atoms with Gasteiger partial charge in [0, 0.05) is 29.2 Å². The highest BCUT2D eigenvalue weighted by Gasteiger charge is 2.26. The third-order valence-electron chi connectivity index (χ3n) is 5.75. The molecule has 0 aromatic heterocycles. The Morgan fingerprint density at radius 2 is 1.64 bits per heavy atom. The number of rotatable bonds is 8. The summed E-state index contributed by atoms with van der Waals surface area (Å²) in [6.07, 6.45) is 2.67. The Balaban J connectivity index is 1.43. The molecule has 7 nitrogen and oxygen atoms in total. The van der Waals surface area contributed by atoms with Crippen LogP contribution in [0.3, 0.4) is 0 Å². The second kappa shape index (κ2) is 11.4. The van der Waals surface area contributed by atoms with Crippen LogP contribution in [0.1, 0.15) is 35.2 Å². The largest absolute Gasteiger partial charge is 0.482 e. The molecule has 36 heavy (non-hydrogen) atoms. The van der Waals surface area contributed by atoms with Crippen molar-refractivity contribution in [3.8, 4) is 5.75 Å². The SMILES string of the molecule is O=C(COc1ccc(S(=O)(=O)N2CCCCC2)cc1Cl)Nc1ccc(Cl)cc1C(=O)c1ccccc1. The van der Waals surface area contributed by atoms with Crippen molar-refractivity contribution in [1.29, 1.82) is 0 Å². The average Bonchev–Trinajstić information content (AvgIpc) is 2.89. The van der Waals surface area contributed by atoms with Gasteiger partial charge in [0.05, 0.1) is 15.6 Å². The summed E-state index contributed by atoms with van der Waals surface area (Å²) in [6.45, 7) is 0.565. The monoisotopic (exact) mass is 546 g/mol. The molecular weight excluding hydrogens is 523 g/mol. The third kappa shape index (κ3) is 6.07. The first-order chi connectivity index (χ1) is 17.3. The Bertz CT molecular complexity index is 1370. The smallest absolute Gasteiger partial charge is 0.262 e. The first-order valence-corrected chi connectivity index (χ1v) is 13.6. The van der Waals surface area contributed by atoms with Gasteiger partial charge >= 0.3 is 0 Å². The predicted octanol–water partition coefficient (Wildman–Crippen LogP) is 5.42. The van der Waals surface area contributed by atoms with Crippen molar-refractivity contribution < 1.29 is 22.7 Å². The van der Waals surface area contributed by atoms with E-state index < -0.39 is 22.5 Å². The van der Waals surface area contributed by atoms with E-state index in [1.165, 1.54) is 28.6 Å². The summed E-state index contributed by atoms with van der Waals surface area (Å²) in [7, 11) is -3.64. The summed E-state index contributed by atoms with van der Waals surface area (Å²) in [5.74, 6) is -0.649. The number of halogens is 2. The average molecular weight is 547 g/mol. The molecule has 1 heterocycles. The molecule has 0 radical (unpaired) electrons. The zero-order chi connectivity index (χ0) is 25.7. The van der Waals surface area contributed by atoms with E-state index in [2.05, 4.69) is 5.32 Å². The molecule has 1 aliphatic rings. The van der Waals surface area contributed by atoms with E-state index in [4.69, 9.17) is 27.9 Å². The van der Waals surface area contributed by atoms with Crippen LogP contribution < -0.4 is 10.1 Å². The van der Waals surface area contributed by atoms with Crippen molar-refractivity contribution in [2.45, 2.75) is 24.2 Å². The van der Waals surface area contributed by atoms with Crippen LogP contribution in [0.25, 0.3) is 0 Å². The van der Waals surface area contributed by atoms with Crippen LogP contribution in [0.5, 0.6) is 5.75 Å². The van der Waals surface area contributed by atoms with Gasteiger partial charge in [0.2, 0.25) is 10.0 Å². The number of ketones is 1. The normalized spacial score (nSPS) is 14.3. The van der Waals surface area contributed by atoms with Crippen LogP contribution in [0.15, 0.2) is 71.6 Å². The predicted molar refractivity (Wildman–Crippen MR) is 140 cm³/mol. The van der Waals surface area contributed by atoms with E-state index in [-0.39, 0.29) is 32.7 Å². The van der Waals surface area contributed by atoms with Gasteiger partial charge in [-0.2, -0.15) is 4.31 Å². The summed E-state index contributed by atoms with van der Waals surface area (Å²) >= 11 is 12.4. The lowest BCUT2D eigenvalue weighted by atomic mass is 10.0. The van der Waals surface area contributed by atoms with E-state index >= 15 is 0 Å². The van der Waals surface area contributed by atoms with E-state index in [9.17, 15) is 18.0 Å². The van der Waals surface area contributed by atoms with Crippen molar-refractivity contribution >= 4 is 50.6 Å². The maximum absolute atomic E-state index is 12.9. The first kappa shape index (κ1) is 26.2. The van der Waals surface area contributed by atoms with Gasteiger partial charge in [0.15, 0.2) is 12.4 Å². The van der Waals surface area contributed by atoms with E-state index in [1.807, 2.05) is 0 Å². The third-order valence-corrected chi connectivity index (χ3v) is 8.18. The Hall–Kier alpha value is -2.91. The number of nitrogens with zero attached hydrogens (tertiary/aromatic N) is 1. The van der Waals surface area contributed by atoms with Crippen molar-refractivity contribution in [1.82, 2.24) is 4.31 Å². The van der Waals surface area contributed by atoms with Crippen LogP contribution in [0.2, 0.25) is 10.0 Å². The molecule has 1 saturated heterocycles. The molecule has 0 bridgehead atoms. The van der Waals surface area contributed by atoms with Crippen molar-refractivity contribution in [3.63, 3.8) is 0 Å². The zero-order valence-corrected chi connectivity index (χ0v) is 21.6. The summed E-state index contributed by atoms with van der Waals surface area (Å²) in [5.41, 5.74) is 0.987. The lowest BCUT2D eigenvalue weighted by Crippen LogP contribution is -2.35. The minimum absolute atomic E-state index is 0.0762. The molecule has 0 spiro atoms. The zero-order valence-electron chi connectivity index (χ0n) is 19.2. The molecular formula is C26H24Cl2N2O5S. The van der Waals surface area contributed by atoms with Crippen LogP contribution in [-0.4, -0.2) is 44.1 Å². The minimum atomic E-state index is -3.64. The fourth-order valence-corrected chi connectivity index (χ4v) is 5.92. The molecule has 1 fully saturated rings. The highest BCUT2D eigenvalue weighted by Crippen LogP contribution is 2.30. The fraction of sp³-hybridized carbons (Fsp3) is 0.231. The first-order valence-electron chi connectivity index (χ1n) is 11.4. The van der Waals surface area contributed by atoms with Crippen LogP contribution >= 0.6 is 23.2 Å². The maximum Gasteiger partial charge on any atom is 0.262 e. The number of piperidine rings is 1. The van der Waals surface area contributed by atoms with Gasteiger partial charge in [-0.05, 0) is 49.2 Å². The van der Waals surface area contributed by atoms with Crippen LogP contribution in [-0.2, 0) is 14.8 Å². The summed E-state index contributed by atoms with van der Waals surface area (Å²) in [5, 5.41) is 3.10. The van der Waals surface area contributed by atoms with Crippen molar-refractivity contribution in [3.05, 3.63) is 87.9 Å². The fourth-order valence-electron chi connectivity index (χ4n) is 3.90. The van der Waals surface area contributed by atoms with Gasteiger partial charge < -0.3 is 10.1 Å². The van der Waals surface area contributed by atoms with Gasteiger partial charge in [-0.1, -0.05) is 60.0 Å². The number of hydrogen-bond acceptors (Lipinski definition) is 5. The second-order valence-corrected chi connectivity index (χ2v) is 11.1. The summed E-state index contributed by atoms with van der Waals surface area (Å²) in [6, 6.07) is 17.4. The van der Waals surface area contributed by atoms with Crippen molar-refractivity contribution in [2.75, 3.05) is 25.0 Å². The standard InChI is InChI=1S/C26H24Cl2N2O5S/c27-19-9-11-23(21(15-19)26(32)18-7-3-1-4-8-18)29-25(31)17-35-24-12-10-20(16-22(24)28)36(33,34)30-13-5-2-6-14-30/h1,3-4,7-12,15-16H,2,5-6,13-14,17H2,(H,29,31). The quantitative estimate of drug-likeness (QED) is 0.381. The van der Waals surface area contributed by atoms with Crippen LogP contribution in [0, 0.1) is 0 Å². The minimum Gasteiger partial charge on any atom is -0.482 e. The molecule has 0 saturated carbocycles. The summed E-state index contributed by atoms with van der Waals surface area (Å²) in [4.78, 5) is 25.6. The van der Waals surface area contributed by atoms with Gasteiger partial charge in [0.1, 0.15) is 5.75 Å². The van der Waals surface area contributed by atoms with E-state index in [0.717, 1.165) is 19.3 Å². The van der Waals surface area contributed by atoms with Gasteiger partial charge in [0.25, 0.3) is 5.91 Å². The number of nitrogens with one attached hydrogen (secondary N) is 1. The van der Waals surface area contributed by atoms with Gasteiger partial charge in [-0.3, -0.25) is 9.59 Å². The molecule has 1 N–H and O–H groups in total. The van der Waals surface area contributed by atoms with Gasteiger partial charge in [-0.15, -0.1) is 0 Å². The number of ether oxygens (including phenoxy) is 1. The number of benzene rings is 3. The lowest BCUT2D eigenvalue weighted by molar-refractivity contribution is -0.118. The molecule has 188 valence electrons. The topological polar surface area (TPSA) is 92.8 Å². The number of carbonyl (C=O) groups excluding carboxylic acids is 2. The Morgan fingerprint density at radius 1 is 0.917 bits per heavy atom. The molecule has 3 aromatic rings. The molecule has 1 amide bonds. The Labute approximate surface area is 220 Å². The number of carbonyl (C=O) groups is 2. The Morgan fingerprint density at radius 3 is 2.33 bits per heavy atom. The Kier molecular flexibility index (Phi) is 8.31. The second-order valence-electron chi connectivity index (χ2n) is 8.28. The number of hydrogen-bond donors (Lipinski definition) is 1.